The summed E-state index contributed by atoms with van der Waals surface area (Å²) in [5.74, 6) is -7.75. The van der Waals surface area contributed by atoms with Crippen LogP contribution in [-0.2, 0) is 113 Å². The molecule has 62 nitrogen and oxygen atoms in total. The Morgan fingerprint density at radius 1 is 0.331 bits per heavy atom. The van der Waals surface area contributed by atoms with E-state index in [9.17, 15) is 202 Å². The Bertz CT molecular complexity index is 3660. The molecule has 774 valence electrons. The molecule has 0 radical (unpaired) electrons. The molecule has 38 N–H and O–H groups in total. The van der Waals surface area contributed by atoms with E-state index in [1.807, 2.05) is 0 Å². The average Bonchev–Trinajstić information content (AvgIpc) is 0.752. The van der Waals surface area contributed by atoms with E-state index >= 15 is 0 Å². The summed E-state index contributed by atoms with van der Waals surface area (Å²) < 4.78 is 128. The highest BCUT2D eigenvalue weighted by molar-refractivity contribution is 7.46. The largest absolute Gasteiger partial charge is 0.477 e. The SMILES string of the molecule is CC(=O)N[C@H]1[C@H](O[C@H]2[C@@H](O)[C@@H](CO)O[C@@H](O[C@H]3[C@H](O)[C@H](O)[C@@H](OC[C@H]4O[C@@H](O[C@H]5[C@H](O[C@H]6O[C@H]([C@@H](O)CO)[C@@H](O)[C@H](O)[C@@H]6O[C@H]6O[C@H]([C@@H](O)CO)[C@@H](O)[C@H](O)[C@@H]6O)[C@H](O)[C@@H](O[C@H]6[C@@H]([C@H](O)CO)O[C@@](O)(C(=O)O)C[C@H]6OP(=O)(O)O)O[C@@H]5[C@@H](O)CO)[C@H](O)[C@@H](O)[C@@H]4O)O[C@@H]3[C@H](O)CO)[C@@H]2O)O[C@H](CO)[C@@H](O[C@@H]2O[C@H](CO)[C@H](O)[C@H](O[C@@H]3O[C@H](CO)[C@@H](O)[C@H](O)[C@H]3NC(C)=O)[C@H]2O)[C@@H]1O. The smallest absolute Gasteiger partial charge is 0.469 e. The van der Waals surface area contributed by atoms with E-state index in [-0.39, 0.29) is 0 Å². The minimum atomic E-state index is -5.98. The van der Waals surface area contributed by atoms with Crippen molar-refractivity contribution in [1.29, 1.82) is 0 Å². The summed E-state index contributed by atoms with van der Waals surface area (Å²) in [6.07, 6.45) is -122. The van der Waals surface area contributed by atoms with E-state index < -0.39 is 429 Å². The average molecular weight is 1980 g/mol. The van der Waals surface area contributed by atoms with Crippen molar-refractivity contribution in [2.24, 2.45) is 0 Å². The van der Waals surface area contributed by atoms with Gasteiger partial charge in [-0.05, 0) is 0 Å². The topological polar surface area (TPSA) is 1010 Å². The fraction of sp³-hybridized carbons (Fsp3) is 0.957. The van der Waals surface area contributed by atoms with Crippen LogP contribution in [0.3, 0.4) is 0 Å². The second-order valence-corrected chi connectivity index (χ2v) is 34.2. The van der Waals surface area contributed by atoms with Crippen LogP contribution in [-0.4, -0.2) is 598 Å². The number of hydrogen-bond donors (Lipinski definition) is 38. The summed E-state index contributed by atoms with van der Waals surface area (Å²) in [7, 11) is -5.98. The van der Waals surface area contributed by atoms with Crippen LogP contribution >= 0.6 is 7.82 Å². The third-order valence-electron chi connectivity index (χ3n) is 23.8. The zero-order chi connectivity index (χ0) is 98.7. The Balaban J connectivity index is 0.900. The fourth-order valence-corrected chi connectivity index (χ4v) is 17.2. The van der Waals surface area contributed by atoms with Gasteiger partial charge in [-0.2, -0.15) is 0 Å². The first-order valence-corrected chi connectivity index (χ1v) is 42.9. The molecular formula is C70H119N2O60P. The van der Waals surface area contributed by atoms with E-state index in [4.69, 9.17) is 94.5 Å². The summed E-state index contributed by atoms with van der Waals surface area (Å²) in [4.78, 5) is 57.7. The molecule has 0 aromatic heterocycles. The molecule has 63 heteroatoms. The molecule has 0 aromatic rings. The Hall–Kier alpha value is -3.56. The number of carbonyl (C=O) groups is 3. The van der Waals surface area contributed by atoms with E-state index in [1.54, 1.807) is 0 Å². The van der Waals surface area contributed by atoms with Crippen LogP contribution in [0.15, 0.2) is 0 Å². The number of phosphoric ester groups is 1. The lowest BCUT2D eigenvalue weighted by molar-refractivity contribution is -0.415. The van der Waals surface area contributed by atoms with Crippen molar-refractivity contribution >= 4 is 25.6 Å². The highest BCUT2D eigenvalue weighted by atomic mass is 31.2. The second kappa shape index (κ2) is 47.6. The van der Waals surface area contributed by atoms with Crippen molar-refractivity contribution in [1.82, 2.24) is 10.6 Å². The zero-order valence-electron chi connectivity index (χ0n) is 69.7. The Morgan fingerprint density at radius 2 is 0.662 bits per heavy atom. The highest BCUT2D eigenvalue weighted by Crippen LogP contribution is 2.47. The number of aliphatic carboxylic acids is 1. The molecule has 10 aliphatic heterocycles. The van der Waals surface area contributed by atoms with Crippen molar-refractivity contribution in [3.8, 4) is 0 Å². The molecule has 2 amide bonds. The molecule has 10 heterocycles. The number of aliphatic hydroxyl groups excluding tert-OH is 32. The van der Waals surface area contributed by atoms with Gasteiger partial charge in [-0.25, -0.2) is 9.36 Å². The maximum absolute atomic E-state index is 12.9. The quantitative estimate of drug-likeness (QED) is 0.0255. The number of phosphoric acid groups is 1. The first-order chi connectivity index (χ1) is 62.5. The van der Waals surface area contributed by atoms with Gasteiger partial charge >= 0.3 is 13.8 Å². The Morgan fingerprint density at radius 3 is 1.15 bits per heavy atom. The number of ether oxygens (including phenoxy) is 19. The van der Waals surface area contributed by atoms with Crippen molar-refractivity contribution in [3.05, 3.63) is 0 Å². The van der Waals surface area contributed by atoms with Crippen molar-refractivity contribution in [3.63, 3.8) is 0 Å². The van der Waals surface area contributed by atoms with Gasteiger partial charge in [0.25, 0.3) is 5.79 Å². The number of carboxylic acid groups (broad SMARTS) is 1. The molecule has 0 aliphatic carbocycles. The standard InChI is InChI=1S/C70H119N2O60P/c1-14(82)71-27-33(93)29(89)22(9-78)114-60(27)125-54-31(91)23(10-79)115-65(44(54)104)123-52-25(12-81)117-61(28(34(52)94)72-15(2)83)126-55-32(92)24(11-80)116-66(45(55)105)127-56-40(100)43(103)62(121-49(56)18(86)6-75)113-13-26-30(90)35(95)41(101)63(118-26)130-59-50(19(87)7-76)122-67(124-53-21(132-133(110,111)112)3-70(109,69(107)108)131-51(53)20(88)8-77)46(106)57(59)128-68-58(39(99)38(98)48(120-68)17(85)5-74)129-64-42(102)36(96)37(97)47(119-64)16(84)4-73/h16-68,73-81,84-106,109H,3-13H2,1-2H3,(H,71,82)(H,72,83)(H,107,108)(H2,110,111,112)/t16-,17-,18+,19-,20+,21+,22+,23+,24+,25+,26+,27+,28+,29+,30+,31-,32-,33+,34+,35-,36-,37-,38-,39-,40+,41+,42-,43-,44+,45+,46-,47+,48+,49+,50+,51+,52+,53+,54-,55-,56-,57+,58-,59+,60-,61-,62-,63-,64+,65-,66-,67+,68+,70+/m0/s1. The Kier molecular flexibility index (Phi) is 39.8. The summed E-state index contributed by atoms with van der Waals surface area (Å²) in [5.41, 5.74) is 0. The van der Waals surface area contributed by atoms with Crippen molar-refractivity contribution in [2.75, 3.05) is 66.1 Å². The van der Waals surface area contributed by atoms with E-state index in [0.29, 0.717) is 0 Å². The molecule has 0 unspecified atom stereocenters. The minimum Gasteiger partial charge on any atom is -0.477 e. The number of aliphatic hydroxyl groups is 33. The second-order valence-electron chi connectivity index (χ2n) is 33.0. The summed E-state index contributed by atoms with van der Waals surface area (Å²) in [6, 6.07) is -3.67. The molecule has 10 aliphatic rings. The lowest BCUT2D eigenvalue weighted by Crippen LogP contribution is -2.70. The number of nitrogens with one attached hydrogen (secondary N) is 2. The first kappa shape index (κ1) is 111. The predicted octanol–water partition coefficient (Wildman–Crippen LogP) is -25.1. The van der Waals surface area contributed by atoms with Gasteiger partial charge in [0.2, 0.25) is 11.8 Å². The molecule has 10 fully saturated rings. The van der Waals surface area contributed by atoms with Gasteiger partial charge in [0, 0.05) is 20.3 Å². The molecule has 0 aromatic carbocycles. The summed E-state index contributed by atoms with van der Waals surface area (Å²) in [5, 5.41) is 382. The van der Waals surface area contributed by atoms with E-state index in [2.05, 4.69) is 10.6 Å². The van der Waals surface area contributed by atoms with Gasteiger partial charge < -0.3 is 284 Å². The van der Waals surface area contributed by atoms with E-state index in [0.717, 1.165) is 13.8 Å². The third-order valence-corrected chi connectivity index (χ3v) is 24.3. The molecular weight excluding hydrogens is 1860 g/mol. The van der Waals surface area contributed by atoms with Gasteiger partial charge in [-0.15, -0.1) is 0 Å². The highest BCUT2D eigenvalue weighted by Gasteiger charge is 2.65. The third kappa shape index (κ3) is 24.7. The van der Waals surface area contributed by atoms with Crippen LogP contribution in [0.4, 0.5) is 0 Å². The zero-order valence-corrected chi connectivity index (χ0v) is 70.6. The number of amides is 2. The molecule has 10 saturated heterocycles. The normalized spacial score (nSPS) is 48.0. The Labute approximate surface area is 748 Å². The van der Waals surface area contributed by atoms with Gasteiger partial charge in [-0.3, -0.25) is 14.1 Å². The number of rotatable bonds is 38. The summed E-state index contributed by atoms with van der Waals surface area (Å²) >= 11 is 0. The van der Waals surface area contributed by atoms with Crippen LogP contribution in [0.1, 0.15) is 20.3 Å². The van der Waals surface area contributed by atoms with Gasteiger partial charge in [-0.1, -0.05) is 0 Å². The van der Waals surface area contributed by atoms with Crippen LogP contribution in [0, 0.1) is 0 Å². The number of carboxylic acids is 1. The van der Waals surface area contributed by atoms with Crippen LogP contribution in [0.5, 0.6) is 0 Å². The van der Waals surface area contributed by atoms with Crippen molar-refractivity contribution in [2.45, 2.75) is 351 Å². The molecule has 0 spiro atoms. The molecule has 0 saturated carbocycles. The van der Waals surface area contributed by atoms with Crippen LogP contribution < -0.4 is 10.6 Å². The van der Waals surface area contributed by atoms with Gasteiger partial charge in [0.15, 0.2) is 56.6 Å². The maximum atomic E-state index is 12.9. The summed E-state index contributed by atoms with van der Waals surface area (Å²) in [6.45, 7) is -10.9. The lowest BCUT2D eigenvalue weighted by Gasteiger charge is -2.52. The van der Waals surface area contributed by atoms with E-state index in [1.165, 1.54) is 0 Å². The maximum Gasteiger partial charge on any atom is 0.469 e. The molecule has 54 atom stereocenters. The monoisotopic (exact) mass is 1980 g/mol. The molecule has 10 rings (SSSR count). The predicted molar refractivity (Wildman–Crippen MR) is 399 cm³/mol. The van der Waals surface area contributed by atoms with Crippen LogP contribution in [0.2, 0.25) is 0 Å². The number of carbonyl (C=O) groups excluding carboxylic acids is 2. The van der Waals surface area contributed by atoms with Gasteiger partial charge in [0.1, 0.15) is 268 Å². The lowest BCUT2D eigenvalue weighted by atomic mass is 9.91. The number of hydrogen-bond acceptors (Lipinski definition) is 57. The van der Waals surface area contributed by atoms with Gasteiger partial charge in [0.05, 0.1) is 66.1 Å². The fourth-order valence-electron chi connectivity index (χ4n) is 16.7. The minimum absolute atomic E-state index is 0.818. The van der Waals surface area contributed by atoms with Crippen molar-refractivity contribution < 1.29 is 297 Å². The first-order valence-electron chi connectivity index (χ1n) is 41.3. The molecule has 0 bridgehead atoms. The van der Waals surface area contributed by atoms with Crippen LogP contribution in [0.25, 0.3) is 0 Å². The molecule has 133 heavy (non-hydrogen) atoms.